The number of benzene rings is 1. The minimum atomic E-state index is 0.621. The molecule has 0 radical (unpaired) electrons. The maximum atomic E-state index is 5.55. The van der Waals surface area contributed by atoms with Gasteiger partial charge in [-0.3, -0.25) is 0 Å². The van der Waals surface area contributed by atoms with Crippen molar-refractivity contribution in [3.05, 3.63) is 54.2 Å². The van der Waals surface area contributed by atoms with Crippen LogP contribution in [0.5, 0.6) is 0 Å². The maximum absolute atomic E-state index is 5.55. The van der Waals surface area contributed by atoms with Crippen molar-refractivity contribution in [3.63, 3.8) is 0 Å². The zero-order valence-electron chi connectivity index (χ0n) is 8.55. The second-order valence-electron chi connectivity index (χ2n) is 3.48. The van der Waals surface area contributed by atoms with Crippen molar-refractivity contribution in [2.24, 2.45) is 0 Å². The van der Waals surface area contributed by atoms with Gasteiger partial charge in [0.25, 0.3) is 0 Å². The molecule has 16 heavy (non-hydrogen) atoms. The van der Waals surface area contributed by atoms with Crippen LogP contribution in [0.25, 0.3) is 23.3 Å². The third kappa shape index (κ3) is 1.63. The predicted octanol–water partition coefficient (Wildman–Crippen LogP) is 3.33. The molecule has 3 rings (SSSR count). The Morgan fingerprint density at radius 2 is 2.00 bits per heavy atom. The van der Waals surface area contributed by atoms with Crippen molar-refractivity contribution >= 4 is 23.3 Å². The quantitative estimate of drug-likeness (QED) is 0.704. The minimum Gasteiger partial charge on any atom is -0.437 e. The zero-order valence-corrected chi connectivity index (χ0v) is 8.55. The number of rotatable bonds is 2. The van der Waals surface area contributed by atoms with Crippen molar-refractivity contribution < 1.29 is 4.42 Å². The summed E-state index contributed by atoms with van der Waals surface area (Å²) in [4.78, 5) is 7.43. The van der Waals surface area contributed by atoms with Crippen LogP contribution in [0.15, 0.2) is 47.0 Å². The number of aromatic nitrogens is 2. The van der Waals surface area contributed by atoms with E-state index in [1.165, 1.54) is 0 Å². The van der Waals surface area contributed by atoms with Crippen LogP contribution in [-0.2, 0) is 0 Å². The first-order chi connectivity index (χ1) is 7.92. The average Bonchev–Trinajstić information content (AvgIpc) is 2.95. The number of fused-ring (bicyclic) bond motifs is 1. The van der Waals surface area contributed by atoms with E-state index in [9.17, 15) is 0 Å². The predicted molar refractivity (Wildman–Crippen MR) is 63.7 cm³/mol. The molecule has 0 aliphatic heterocycles. The van der Waals surface area contributed by atoms with Crippen molar-refractivity contribution in [1.29, 1.82) is 0 Å². The molecule has 3 aromatic rings. The Labute approximate surface area is 92.4 Å². The summed E-state index contributed by atoms with van der Waals surface area (Å²) in [6, 6.07) is 11.7. The minimum absolute atomic E-state index is 0.621. The first kappa shape index (κ1) is 8.97. The molecule has 0 unspecified atom stereocenters. The van der Waals surface area contributed by atoms with Crippen LogP contribution in [0.1, 0.15) is 11.6 Å². The highest BCUT2D eigenvalue weighted by molar-refractivity contribution is 5.75. The molecule has 78 valence electrons. The van der Waals surface area contributed by atoms with Crippen LogP contribution in [0, 0.1) is 0 Å². The smallest absolute Gasteiger partial charge is 0.220 e. The molecule has 3 heteroatoms. The summed E-state index contributed by atoms with van der Waals surface area (Å²) < 4.78 is 5.55. The Bertz CT molecular complexity index is 587. The molecule has 0 spiro atoms. The van der Waals surface area contributed by atoms with Gasteiger partial charge in [0.1, 0.15) is 5.52 Å². The Morgan fingerprint density at radius 1 is 1.06 bits per heavy atom. The first-order valence-corrected chi connectivity index (χ1v) is 5.09. The molecular formula is C13H10N2O. The van der Waals surface area contributed by atoms with Crippen LogP contribution >= 0.6 is 0 Å². The Morgan fingerprint density at radius 3 is 2.81 bits per heavy atom. The summed E-state index contributed by atoms with van der Waals surface area (Å²) in [5.41, 5.74) is 2.73. The molecule has 1 N–H and O–H groups in total. The summed E-state index contributed by atoms with van der Waals surface area (Å²) in [5.74, 6) is 0.621. The number of nitrogens with zero attached hydrogens (tertiary/aromatic N) is 1. The molecule has 0 saturated heterocycles. The fraction of sp³-hybridized carbons (Fsp3) is 0. The lowest BCUT2D eigenvalue weighted by Crippen LogP contribution is -1.70. The van der Waals surface area contributed by atoms with E-state index in [1.807, 2.05) is 54.7 Å². The van der Waals surface area contributed by atoms with Crippen LogP contribution in [0.3, 0.4) is 0 Å². The van der Waals surface area contributed by atoms with Gasteiger partial charge in [0.05, 0.1) is 0 Å². The molecule has 0 bridgehead atoms. The molecule has 1 aromatic carbocycles. The van der Waals surface area contributed by atoms with Crippen LogP contribution in [0.4, 0.5) is 0 Å². The second-order valence-corrected chi connectivity index (χ2v) is 3.48. The number of H-pyrrole nitrogens is 1. The summed E-state index contributed by atoms with van der Waals surface area (Å²) in [7, 11) is 0. The van der Waals surface area contributed by atoms with Gasteiger partial charge in [-0.15, -0.1) is 0 Å². The third-order valence-corrected chi connectivity index (χ3v) is 2.34. The zero-order chi connectivity index (χ0) is 10.8. The number of aromatic amines is 1. The van der Waals surface area contributed by atoms with E-state index in [1.54, 1.807) is 0 Å². The van der Waals surface area contributed by atoms with E-state index in [0.29, 0.717) is 5.89 Å². The van der Waals surface area contributed by atoms with Crippen molar-refractivity contribution in [2.75, 3.05) is 0 Å². The van der Waals surface area contributed by atoms with E-state index < -0.39 is 0 Å². The topological polar surface area (TPSA) is 41.8 Å². The maximum Gasteiger partial charge on any atom is 0.220 e. The third-order valence-electron chi connectivity index (χ3n) is 2.34. The number of para-hydroxylation sites is 2. The number of hydrogen-bond donors (Lipinski definition) is 1. The van der Waals surface area contributed by atoms with Gasteiger partial charge >= 0.3 is 0 Å². The summed E-state index contributed by atoms with van der Waals surface area (Å²) in [6.45, 7) is 0. The van der Waals surface area contributed by atoms with Crippen LogP contribution in [0.2, 0.25) is 0 Å². The molecule has 0 aliphatic carbocycles. The van der Waals surface area contributed by atoms with Gasteiger partial charge in [-0.25, -0.2) is 4.98 Å². The number of nitrogens with one attached hydrogen (secondary N) is 1. The molecule has 0 fully saturated rings. The van der Waals surface area contributed by atoms with Crippen molar-refractivity contribution in [2.45, 2.75) is 0 Å². The van der Waals surface area contributed by atoms with E-state index in [2.05, 4.69) is 9.97 Å². The van der Waals surface area contributed by atoms with Gasteiger partial charge < -0.3 is 9.40 Å². The lowest BCUT2D eigenvalue weighted by molar-refractivity contribution is 0.589. The lowest BCUT2D eigenvalue weighted by Gasteiger charge is -1.83. The molecule has 0 atom stereocenters. The van der Waals surface area contributed by atoms with Gasteiger partial charge in [0.15, 0.2) is 5.58 Å². The normalized spacial score (nSPS) is 11.5. The Hall–Kier alpha value is -2.29. The highest BCUT2D eigenvalue weighted by Gasteiger charge is 2.00. The summed E-state index contributed by atoms with van der Waals surface area (Å²) >= 11 is 0. The summed E-state index contributed by atoms with van der Waals surface area (Å²) in [6.07, 6.45) is 5.67. The van der Waals surface area contributed by atoms with E-state index in [-0.39, 0.29) is 0 Å². The molecule has 0 aliphatic rings. The fourth-order valence-electron chi connectivity index (χ4n) is 1.57. The molecule has 0 amide bonds. The largest absolute Gasteiger partial charge is 0.437 e. The van der Waals surface area contributed by atoms with E-state index >= 15 is 0 Å². The molecule has 2 aromatic heterocycles. The number of oxazole rings is 1. The van der Waals surface area contributed by atoms with Gasteiger partial charge in [0, 0.05) is 18.0 Å². The monoisotopic (exact) mass is 210 g/mol. The first-order valence-electron chi connectivity index (χ1n) is 5.09. The van der Waals surface area contributed by atoms with E-state index in [4.69, 9.17) is 4.42 Å². The Balaban J connectivity index is 1.95. The van der Waals surface area contributed by atoms with Crippen LogP contribution in [-0.4, -0.2) is 9.97 Å². The molecular weight excluding hydrogens is 200 g/mol. The second kappa shape index (κ2) is 3.70. The molecule has 0 saturated carbocycles. The van der Waals surface area contributed by atoms with Gasteiger partial charge in [-0.2, -0.15) is 0 Å². The van der Waals surface area contributed by atoms with E-state index in [0.717, 1.165) is 16.8 Å². The lowest BCUT2D eigenvalue weighted by atomic mass is 10.3. The Kier molecular flexibility index (Phi) is 2.07. The standard InChI is InChI=1S/C13H10N2O/c1-2-6-12-11(5-1)15-13(16-12)8-7-10-4-3-9-14-10/h1-9,14H/b8-7-. The fourth-order valence-corrected chi connectivity index (χ4v) is 1.57. The van der Waals surface area contributed by atoms with Crippen molar-refractivity contribution in [3.8, 4) is 0 Å². The average molecular weight is 210 g/mol. The van der Waals surface area contributed by atoms with Gasteiger partial charge in [-0.1, -0.05) is 12.1 Å². The van der Waals surface area contributed by atoms with Gasteiger partial charge in [-0.05, 0) is 30.3 Å². The highest BCUT2D eigenvalue weighted by atomic mass is 16.3. The van der Waals surface area contributed by atoms with Crippen molar-refractivity contribution in [1.82, 2.24) is 9.97 Å². The number of hydrogen-bond acceptors (Lipinski definition) is 2. The summed E-state index contributed by atoms with van der Waals surface area (Å²) in [5, 5.41) is 0. The molecule has 3 nitrogen and oxygen atoms in total. The highest BCUT2D eigenvalue weighted by Crippen LogP contribution is 2.16. The van der Waals surface area contributed by atoms with Gasteiger partial charge in [0.2, 0.25) is 5.89 Å². The van der Waals surface area contributed by atoms with Crippen LogP contribution < -0.4 is 0 Å². The SMILES string of the molecule is C(=C/c1nc2ccccc2o1)/c1ccc[nH]1. The molecule has 2 heterocycles.